The van der Waals surface area contributed by atoms with Crippen LogP contribution in [0.15, 0.2) is 78.0 Å². The van der Waals surface area contributed by atoms with E-state index in [1.54, 1.807) is 4.90 Å². The zero-order valence-electron chi connectivity index (χ0n) is 16.2. The number of amides is 2. The summed E-state index contributed by atoms with van der Waals surface area (Å²) < 4.78 is 2.06. The largest absolute Gasteiger partial charge is 0.354 e. The molecule has 0 aliphatic carbocycles. The predicted molar refractivity (Wildman–Crippen MR) is 117 cm³/mol. The lowest BCUT2D eigenvalue weighted by atomic mass is 10.0. The minimum atomic E-state index is -0.158. The Balaban J connectivity index is 1.51. The summed E-state index contributed by atoms with van der Waals surface area (Å²) in [6.45, 7) is 2.62. The first-order valence-corrected chi connectivity index (χ1v) is 10.6. The second-order valence-corrected chi connectivity index (χ2v) is 8.09. The van der Waals surface area contributed by atoms with Gasteiger partial charge in [-0.15, -0.1) is 0 Å². The van der Waals surface area contributed by atoms with Crippen molar-refractivity contribution >= 4 is 29.3 Å². The molecule has 0 saturated heterocycles. The molecule has 2 aromatic carbocycles. The number of anilines is 1. The Hall–Kier alpha value is -2.99. The number of hydrogen-bond acceptors (Lipinski definition) is 3. The molecule has 0 saturated carbocycles. The zero-order chi connectivity index (χ0) is 20.2. The minimum Gasteiger partial charge on any atom is -0.354 e. The van der Waals surface area contributed by atoms with Crippen LogP contribution in [0.3, 0.4) is 0 Å². The molecule has 5 nitrogen and oxygen atoms in total. The van der Waals surface area contributed by atoms with Gasteiger partial charge in [0.05, 0.1) is 22.2 Å². The van der Waals surface area contributed by atoms with Crippen molar-refractivity contribution in [2.45, 2.75) is 17.9 Å². The van der Waals surface area contributed by atoms with E-state index in [2.05, 4.69) is 28.9 Å². The van der Waals surface area contributed by atoms with Gasteiger partial charge in [0, 0.05) is 12.7 Å². The fraction of sp³-hybridized carbons (Fsp3) is 0.217. The van der Waals surface area contributed by atoms with Crippen LogP contribution in [0.1, 0.15) is 18.4 Å². The molecule has 6 heteroatoms. The van der Waals surface area contributed by atoms with E-state index in [0.717, 1.165) is 16.4 Å². The Morgan fingerprint density at radius 1 is 1.03 bits per heavy atom. The van der Waals surface area contributed by atoms with Crippen molar-refractivity contribution in [2.75, 3.05) is 23.7 Å². The Labute approximate surface area is 174 Å². The summed E-state index contributed by atoms with van der Waals surface area (Å²) in [5, 5.41) is 4.00. The van der Waals surface area contributed by atoms with Crippen LogP contribution in [0.4, 0.5) is 5.69 Å². The smallest absolute Gasteiger partial charge is 0.240 e. The van der Waals surface area contributed by atoms with Crippen LogP contribution in [0.2, 0.25) is 0 Å². The standard InChI is InChI=1S/C23H23N3O2S/c1-17(18-8-3-2-4-9-18)14-24-21(27)15-26-20-11-6-5-10-19(20)25-13-7-12-23(25)29-16-22(26)28/h2-13,17H,14-16H2,1H3,(H,24,27)/t17-/m1/s1. The average molecular weight is 406 g/mol. The maximum Gasteiger partial charge on any atom is 0.240 e. The number of nitrogens with one attached hydrogen (secondary N) is 1. The van der Waals surface area contributed by atoms with Crippen LogP contribution in [-0.4, -0.2) is 35.2 Å². The first kappa shape index (κ1) is 19.3. The van der Waals surface area contributed by atoms with Crippen LogP contribution in [-0.2, 0) is 9.59 Å². The molecule has 148 valence electrons. The summed E-state index contributed by atoms with van der Waals surface area (Å²) in [5.41, 5.74) is 2.83. The van der Waals surface area contributed by atoms with Crippen LogP contribution in [0.5, 0.6) is 0 Å². The highest BCUT2D eigenvalue weighted by atomic mass is 32.2. The number of benzene rings is 2. The molecule has 1 aromatic heterocycles. The van der Waals surface area contributed by atoms with E-state index in [-0.39, 0.29) is 24.3 Å². The lowest BCUT2D eigenvalue weighted by molar-refractivity contribution is -0.122. The van der Waals surface area contributed by atoms with E-state index in [1.807, 2.05) is 60.8 Å². The van der Waals surface area contributed by atoms with Gasteiger partial charge < -0.3 is 14.8 Å². The van der Waals surface area contributed by atoms with E-state index in [4.69, 9.17) is 0 Å². The van der Waals surface area contributed by atoms with Gasteiger partial charge in [0.15, 0.2) is 0 Å². The van der Waals surface area contributed by atoms with Crippen molar-refractivity contribution in [1.29, 1.82) is 0 Å². The van der Waals surface area contributed by atoms with Gasteiger partial charge in [0.1, 0.15) is 6.54 Å². The van der Waals surface area contributed by atoms with Crippen molar-refractivity contribution in [1.82, 2.24) is 9.88 Å². The van der Waals surface area contributed by atoms with E-state index < -0.39 is 0 Å². The van der Waals surface area contributed by atoms with Gasteiger partial charge in [-0.25, -0.2) is 0 Å². The molecule has 0 unspecified atom stereocenters. The highest BCUT2D eigenvalue weighted by Crippen LogP contribution is 2.32. The third kappa shape index (κ3) is 4.22. The molecule has 1 N–H and O–H groups in total. The summed E-state index contributed by atoms with van der Waals surface area (Å²) in [6.07, 6.45) is 1.98. The molecule has 29 heavy (non-hydrogen) atoms. The molecule has 1 atom stereocenters. The molecular formula is C23H23N3O2S. The van der Waals surface area contributed by atoms with E-state index in [9.17, 15) is 9.59 Å². The number of hydrogen-bond donors (Lipinski definition) is 1. The molecule has 0 bridgehead atoms. The minimum absolute atomic E-state index is 0.00845. The van der Waals surface area contributed by atoms with Crippen LogP contribution in [0.25, 0.3) is 5.69 Å². The second kappa shape index (κ2) is 8.57. The molecule has 0 radical (unpaired) electrons. The third-order valence-corrected chi connectivity index (χ3v) is 6.08. The number of nitrogens with zero attached hydrogens (tertiary/aromatic N) is 2. The Morgan fingerprint density at radius 2 is 1.76 bits per heavy atom. The number of carbonyl (C=O) groups excluding carboxylic acids is 2. The quantitative estimate of drug-likeness (QED) is 0.702. The maximum absolute atomic E-state index is 12.9. The lowest BCUT2D eigenvalue weighted by Gasteiger charge is -2.28. The molecule has 1 aliphatic rings. The summed E-state index contributed by atoms with van der Waals surface area (Å²) in [4.78, 5) is 27.1. The molecule has 1 aliphatic heterocycles. The van der Waals surface area contributed by atoms with Gasteiger partial charge in [-0.2, -0.15) is 0 Å². The Kier molecular flexibility index (Phi) is 5.71. The van der Waals surface area contributed by atoms with Crippen molar-refractivity contribution < 1.29 is 9.59 Å². The Bertz CT molecular complexity index is 1020. The number of rotatable bonds is 5. The third-order valence-electron chi connectivity index (χ3n) is 5.06. The highest BCUT2D eigenvalue weighted by molar-refractivity contribution is 7.99. The van der Waals surface area contributed by atoms with E-state index >= 15 is 0 Å². The van der Waals surface area contributed by atoms with Gasteiger partial charge in [-0.1, -0.05) is 61.2 Å². The predicted octanol–water partition coefficient (Wildman–Crippen LogP) is 3.84. The van der Waals surface area contributed by atoms with Gasteiger partial charge in [-0.3, -0.25) is 9.59 Å². The fourth-order valence-corrected chi connectivity index (χ4v) is 4.37. The first-order chi connectivity index (χ1) is 14.1. The SMILES string of the molecule is C[C@H](CNC(=O)CN1C(=O)CSc2cccn2-c2ccccc21)c1ccccc1. The molecule has 2 heterocycles. The molecular weight excluding hydrogens is 382 g/mol. The van der Waals surface area contributed by atoms with Gasteiger partial charge in [-0.05, 0) is 35.7 Å². The molecule has 0 fully saturated rings. The summed E-state index contributed by atoms with van der Waals surface area (Å²) in [6, 6.07) is 21.8. The number of aromatic nitrogens is 1. The van der Waals surface area contributed by atoms with Gasteiger partial charge in [0.2, 0.25) is 11.8 Å². The normalized spacial score (nSPS) is 14.4. The highest BCUT2D eigenvalue weighted by Gasteiger charge is 2.25. The van der Waals surface area contributed by atoms with Crippen molar-refractivity contribution in [3.05, 3.63) is 78.5 Å². The van der Waals surface area contributed by atoms with Crippen LogP contribution in [0, 0.1) is 0 Å². The monoisotopic (exact) mass is 405 g/mol. The van der Waals surface area contributed by atoms with Gasteiger partial charge >= 0.3 is 0 Å². The molecule has 0 spiro atoms. The molecule has 4 rings (SSSR count). The number of fused-ring (bicyclic) bond motifs is 3. The van der Waals surface area contributed by atoms with Crippen LogP contribution >= 0.6 is 11.8 Å². The van der Waals surface area contributed by atoms with Gasteiger partial charge in [0.25, 0.3) is 0 Å². The summed E-state index contributed by atoms with van der Waals surface area (Å²) >= 11 is 1.49. The maximum atomic E-state index is 12.9. The fourth-order valence-electron chi connectivity index (χ4n) is 3.47. The van der Waals surface area contributed by atoms with Crippen LogP contribution < -0.4 is 10.2 Å². The zero-order valence-corrected chi connectivity index (χ0v) is 17.1. The van der Waals surface area contributed by atoms with Crippen molar-refractivity contribution in [3.8, 4) is 5.69 Å². The Morgan fingerprint density at radius 3 is 2.55 bits per heavy atom. The topological polar surface area (TPSA) is 54.3 Å². The van der Waals surface area contributed by atoms with Crippen molar-refractivity contribution in [2.24, 2.45) is 0 Å². The van der Waals surface area contributed by atoms with Crippen molar-refractivity contribution in [3.63, 3.8) is 0 Å². The number of thioether (sulfide) groups is 1. The second-order valence-electron chi connectivity index (χ2n) is 7.09. The first-order valence-electron chi connectivity index (χ1n) is 9.65. The molecule has 3 aromatic rings. The number of para-hydroxylation sites is 2. The summed E-state index contributed by atoms with van der Waals surface area (Å²) in [7, 11) is 0. The average Bonchev–Trinajstić information content (AvgIpc) is 3.22. The van der Waals surface area contributed by atoms with E-state index in [0.29, 0.717) is 12.3 Å². The summed E-state index contributed by atoms with van der Waals surface area (Å²) in [5.74, 6) is 0.273. The van der Waals surface area contributed by atoms with E-state index in [1.165, 1.54) is 17.3 Å². The lowest BCUT2D eigenvalue weighted by Crippen LogP contribution is -2.43. The number of carbonyl (C=O) groups is 2. The molecule has 2 amide bonds.